The van der Waals surface area contributed by atoms with Gasteiger partial charge in [0.2, 0.25) is 0 Å². The zero-order valence-electron chi connectivity index (χ0n) is 12.1. The van der Waals surface area contributed by atoms with E-state index < -0.39 is 10.7 Å². The number of nitro groups is 1. The lowest BCUT2D eigenvalue weighted by atomic mass is 10.1. The average Bonchev–Trinajstić information content (AvgIpc) is 2.55. The van der Waals surface area contributed by atoms with Gasteiger partial charge in [-0.3, -0.25) is 14.9 Å². The lowest BCUT2D eigenvalue weighted by molar-refractivity contribution is -0.426. The van der Waals surface area contributed by atoms with E-state index in [-0.39, 0.29) is 12.1 Å². The number of hydrogen-bond acceptors (Lipinski definition) is 4. The molecule has 2 aromatic rings. The van der Waals surface area contributed by atoms with Crippen LogP contribution in [0.1, 0.15) is 15.9 Å². The van der Waals surface area contributed by atoms with E-state index in [1.54, 1.807) is 48.5 Å². The SMILES string of the molecule is COc1ccc(C(=O)/C=C(/Cc2ccccc2)[N+](=O)[O-])cc1. The first-order valence-electron chi connectivity index (χ1n) is 6.67. The zero-order chi connectivity index (χ0) is 15.9. The van der Waals surface area contributed by atoms with Crippen molar-refractivity contribution < 1.29 is 14.5 Å². The maximum atomic E-state index is 12.1. The molecular weight excluding hydrogens is 282 g/mol. The Morgan fingerprint density at radius 2 is 1.77 bits per heavy atom. The number of carbonyl (C=O) groups excluding carboxylic acids is 1. The van der Waals surface area contributed by atoms with Crippen molar-refractivity contribution in [1.82, 2.24) is 0 Å². The molecule has 2 aromatic carbocycles. The van der Waals surface area contributed by atoms with Crippen LogP contribution in [0.3, 0.4) is 0 Å². The van der Waals surface area contributed by atoms with Gasteiger partial charge in [0.25, 0.3) is 5.70 Å². The van der Waals surface area contributed by atoms with Gasteiger partial charge in [-0.15, -0.1) is 0 Å². The summed E-state index contributed by atoms with van der Waals surface area (Å²) < 4.78 is 5.01. The number of methoxy groups -OCH3 is 1. The van der Waals surface area contributed by atoms with Gasteiger partial charge in [0.05, 0.1) is 24.5 Å². The highest BCUT2D eigenvalue weighted by molar-refractivity contribution is 6.04. The van der Waals surface area contributed by atoms with Gasteiger partial charge in [-0.2, -0.15) is 0 Å². The quantitative estimate of drug-likeness (QED) is 0.355. The first-order valence-corrected chi connectivity index (χ1v) is 6.67. The third-order valence-electron chi connectivity index (χ3n) is 3.13. The third kappa shape index (κ3) is 4.02. The molecule has 0 aromatic heterocycles. The van der Waals surface area contributed by atoms with E-state index in [4.69, 9.17) is 4.74 Å². The molecule has 0 spiro atoms. The second-order valence-corrected chi connectivity index (χ2v) is 4.65. The first kappa shape index (κ1) is 15.4. The number of hydrogen-bond donors (Lipinski definition) is 0. The number of allylic oxidation sites excluding steroid dienone is 2. The number of ketones is 1. The van der Waals surface area contributed by atoms with Gasteiger partial charge in [0, 0.05) is 5.56 Å². The Morgan fingerprint density at radius 1 is 1.14 bits per heavy atom. The topological polar surface area (TPSA) is 69.4 Å². The zero-order valence-corrected chi connectivity index (χ0v) is 12.1. The van der Waals surface area contributed by atoms with Crippen LogP contribution in [-0.2, 0) is 6.42 Å². The molecule has 5 heteroatoms. The van der Waals surface area contributed by atoms with Gasteiger partial charge in [-0.1, -0.05) is 30.3 Å². The summed E-state index contributed by atoms with van der Waals surface area (Å²) in [5.74, 6) is 0.226. The molecule has 0 saturated heterocycles. The molecule has 0 fully saturated rings. The largest absolute Gasteiger partial charge is 0.497 e. The van der Waals surface area contributed by atoms with Crippen molar-refractivity contribution in [2.24, 2.45) is 0 Å². The summed E-state index contributed by atoms with van der Waals surface area (Å²) in [7, 11) is 1.53. The summed E-state index contributed by atoms with van der Waals surface area (Å²) >= 11 is 0. The highest BCUT2D eigenvalue weighted by Crippen LogP contribution is 2.14. The first-order chi connectivity index (χ1) is 10.6. The minimum absolute atomic E-state index is 0.107. The maximum absolute atomic E-state index is 12.1. The van der Waals surface area contributed by atoms with Gasteiger partial charge in [0.1, 0.15) is 5.75 Å². The van der Waals surface area contributed by atoms with Crippen LogP contribution in [0.2, 0.25) is 0 Å². The standard InChI is InChI=1S/C17H15NO4/c1-22-16-9-7-14(8-10-16)17(19)12-15(18(20)21)11-13-5-3-2-4-6-13/h2-10,12H,11H2,1H3/b15-12-. The summed E-state index contributed by atoms with van der Waals surface area (Å²) in [6.45, 7) is 0. The van der Waals surface area contributed by atoms with E-state index in [2.05, 4.69) is 0 Å². The Labute approximate surface area is 128 Å². The van der Waals surface area contributed by atoms with Crippen molar-refractivity contribution in [2.75, 3.05) is 7.11 Å². The van der Waals surface area contributed by atoms with E-state index in [1.165, 1.54) is 7.11 Å². The molecule has 0 amide bonds. The number of carbonyl (C=O) groups is 1. The van der Waals surface area contributed by atoms with Crippen LogP contribution in [0.25, 0.3) is 0 Å². The summed E-state index contributed by atoms with van der Waals surface area (Å²) in [5, 5.41) is 11.1. The van der Waals surface area contributed by atoms with E-state index >= 15 is 0 Å². The molecular formula is C17H15NO4. The second-order valence-electron chi connectivity index (χ2n) is 4.65. The molecule has 0 aliphatic carbocycles. The predicted octanol–water partition coefficient (Wildman–Crippen LogP) is 3.28. The van der Waals surface area contributed by atoms with Crippen molar-refractivity contribution in [1.29, 1.82) is 0 Å². The van der Waals surface area contributed by atoms with Gasteiger partial charge in [-0.05, 0) is 29.8 Å². The van der Waals surface area contributed by atoms with Crippen LogP contribution in [0.4, 0.5) is 0 Å². The molecule has 2 rings (SSSR count). The Morgan fingerprint density at radius 3 is 2.32 bits per heavy atom. The molecule has 0 saturated carbocycles. The summed E-state index contributed by atoms with van der Waals surface area (Å²) in [4.78, 5) is 22.7. The van der Waals surface area contributed by atoms with E-state index in [0.717, 1.165) is 11.6 Å². The van der Waals surface area contributed by atoms with Gasteiger partial charge >= 0.3 is 0 Å². The van der Waals surface area contributed by atoms with Crippen molar-refractivity contribution in [2.45, 2.75) is 6.42 Å². The fraction of sp³-hybridized carbons (Fsp3) is 0.118. The van der Waals surface area contributed by atoms with Crippen LogP contribution >= 0.6 is 0 Å². The average molecular weight is 297 g/mol. The molecule has 112 valence electrons. The number of benzene rings is 2. The highest BCUT2D eigenvalue weighted by atomic mass is 16.6. The van der Waals surface area contributed by atoms with Crippen molar-refractivity contribution in [3.8, 4) is 5.75 Å². The molecule has 22 heavy (non-hydrogen) atoms. The monoisotopic (exact) mass is 297 g/mol. The lowest BCUT2D eigenvalue weighted by Gasteiger charge is -2.02. The molecule has 0 atom stereocenters. The summed E-state index contributed by atoms with van der Waals surface area (Å²) in [5.41, 5.74) is 1.04. The fourth-order valence-electron chi connectivity index (χ4n) is 1.96. The maximum Gasteiger partial charge on any atom is 0.254 e. The molecule has 0 aliphatic rings. The Bertz CT molecular complexity index is 690. The van der Waals surface area contributed by atoms with E-state index in [0.29, 0.717) is 11.3 Å². The van der Waals surface area contributed by atoms with Crippen LogP contribution in [0, 0.1) is 10.1 Å². The van der Waals surface area contributed by atoms with E-state index in [9.17, 15) is 14.9 Å². The van der Waals surface area contributed by atoms with Gasteiger partial charge in [-0.25, -0.2) is 0 Å². The molecule has 0 heterocycles. The minimum Gasteiger partial charge on any atom is -0.497 e. The van der Waals surface area contributed by atoms with E-state index in [1.807, 2.05) is 6.07 Å². The predicted molar refractivity (Wildman–Crippen MR) is 82.5 cm³/mol. The molecule has 0 radical (unpaired) electrons. The second kappa shape index (κ2) is 7.17. The summed E-state index contributed by atoms with van der Waals surface area (Å²) in [6, 6.07) is 15.5. The van der Waals surface area contributed by atoms with Crippen LogP contribution < -0.4 is 4.74 Å². The highest BCUT2D eigenvalue weighted by Gasteiger charge is 2.15. The molecule has 0 bridgehead atoms. The smallest absolute Gasteiger partial charge is 0.254 e. The molecule has 0 N–H and O–H groups in total. The van der Waals surface area contributed by atoms with Crippen LogP contribution in [0.5, 0.6) is 5.75 Å². The van der Waals surface area contributed by atoms with Crippen molar-refractivity contribution in [3.05, 3.63) is 87.6 Å². The fourth-order valence-corrected chi connectivity index (χ4v) is 1.96. The Balaban J connectivity index is 2.21. The van der Waals surface area contributed by atoms with Gasteiger partial charge < -0.3 is 4.74 Å². The third-order valence-corrected chi connectivity index (χ3v) is 3.13. The van der Waals surface area contributed by atoms with Crippen LogP contribution in [0.15, 0.2) is 66.4 Å². The minimum atomic E-state index is -0.519. The van der Waals surface area contributed by atoms with Crippen molar-refractivity contribution in [3.63, 3.8) is 0 Å². The molecule has 0 unspecified atom stereocenters. The van der Waals surface area contributed by atoms with Crippen LogP contribution in [-0.4, -0.2) is 17.8 Å². The molecule has 0 aliphatic heterocycles. The Hall–Kier alpha value is -2.95. The number of ether oxygens (including phenoxy) is 1. The van der Waals surface area contributed by atoms with Crippen molar-refractivity contribution >= 4 is 5.78 Å². The lowest BCUT2D eigenvalue weighted by Crippen LogP contribution is -2.06. The number of rotatable bonds is 6. The Kier molecular flexibility index (Phi) is 5.03. The molecule has 5 nitrogen and oxygen atoms in total. The summed E-state index contributed by atoms with van der Waals surface area (Å²) in [6.07, 6.45) is 1.19. The normalized spacial score (nSPS) is 11.0. The van der Waals surface area contributed by atoms with Gasteiger partial charge in [0.15, 0.2) is 5.78 Å². The number of nitrogens with zero attached hydrogens (tertiary/aromatic N) is 1.